The van der Waals surface area contributed by atoms with Gasteiger partial charge in [-0.1, -0.05) is 18.2 Å². The predicted octanol–water partition coefficient (Wildman–Crippen LogP) is 3.18. The molecule has 0 aromatic heterocycles. The Kier molecular flexibility index (Phi) is 5.82. The number of aliphatic hydroxyl groups is 1. The van der Waals surface area contributed by atoms with E-state index in [1.54, 1.807) is 0 Å². The van der Waals surface area contributed by atoms with Crippen molar-refractivity contribution in [1.82, 2.24) is 0 Å². The Labute approximate surface area is 111 Å². The van der Waals surface area contributed by atoms with Crippen molar-refractivity contribution in [2.24, 2.45) is 0 Å². The lowest BCUT2D eigenvalue weighted by molar-refractivity contribution is -0.175. The molecule has 0 fully saturated rings. The topological polar surface area (TPSA) is 29.5 Å². The van der Waals surface area contributed by atoms with E-state index in [9.17, 15) is 18.3 Å². The van der Waals surface area contributed by atoms with Crippen molar-refractivity contribution in [1.29, 1.82) is 0 Å². The van der Waals surface area contributed by atoms with Gasteiger partial charge < -0.3 is 9.84 Å². The molecule has 0 aliphatic heterocycles. The van der Waals surface area contributed by atoms with E-state index in [-0.39, 0.29) is 13.0 Å². The molecule has 2 nitrogen and oxygen atoms in total. The van der Waals surface area contributed by atoms with E-state index < -0.39 is 18.9 Å². The van der Waals surface area contributed by atoms with Gasteiger partial charge in [-0.05, 0) is 43.4 Å². The summed E-state index contributed by atoms with van der Waals surface area (Å²) in [6.07, 6.45) is -4.36. The Morgan fingerprint density at radius 3 is 2.32 bits per heavy atom. The number of rotatable bonds is 6. The van der Waals surface area contributed by atoms with E-state index in [2.05, 4.69) is 4.74 Å². The van der Waals surface area contributed by atoms with Gasteiger partial charge in [-0.15, -0.1) is 0 Å². The van der Waals surface area contributed by atoms with Gasteiger partial charge in [0, 0.05) is 6.61 Å². The first-order valence-corrected chi connectivity index (χ1v) is 6.17. The van der Waals surface area contributed by atoms with Crippen LogP contribution in [0.15, 0.2) is 18.2 Å². The number of hydrogen-bond acceptors (Lipinski definition) is 2. The number of hydrogen-bond donors (Lipinski definition) is 1. The zero-order valence-electron chi connectivity index (χ0n) is 11.1. The van der Waals surface area contributed by atoms with E-state index in [0.29, 0.717) is 6.42 Å². The van der Waals surface area contributed by atoms with Gasteiger partial charge in [-0.3, -0.25) is 0 Å². The van der Waals surface area contributed by atoms with Crippen molar-refractivity contribution in [2.45, 2.75) is 39.0 Å². The second kappa shape index (κ2) is 6.91. The summed E-state index contributed by atoms with van der Waals surface area (Å²) in [6.45, 7) is 2.55. The molecule has 0 aliphatic rings. The Morgan fingerprint density at radius 1 is 1.21 bits per heavy atom. The van der Waals surface area contributed by atoms with Crippen LogP contribution in [0.2, 0.25) is 0 Å². The van der Waals surface area contributed by atoms with E-state index >= 15 is 0 Å². The van der Waals surface area contributed by atoms with Gasteiger partial charge in [0.25, 0.3) is 0 Å². The quantitative estimate of drug-likeness (QED) is 0.809. The van der Waals surface area contributed by atoms with Crippen LogP contribution in [0.3, 0.4) is 0 Å². The lowest BCUT2D eigenvalue weighted by Gasteiger charge is -2.15. The van der Waals surface area contributed by atoms with Gasteiger partial charge in [-0.25, -0.2) is 0 Å². The molecule has 0 amide bonds. The molecule has 1 unspecified atom stereocenters. The molecule has 0 radical (unpaired) electrons. The molecule has 0 saturated carbocycles. The fourth-order valence-corrected chi connectivity index (χ4v) is 1.92. The van der Waals surface area contributed by atoms with Gasteiger partial charge >= 0.3 is 6.18 Å². The molecule has 0 saturated heterocycles. The minimum absolute atomic E-state index is 0.0917. The summed E-state index contributed by atoms with van der Waals surface area (Å²) in [6, 6.07) is 5.84. The highest BCUT2D eigenvalue weighted by Gasteiger charge is 2.27. The highest BCUT2D eigenvalue weighted by Crippen LogP contribution is 2.17. The van der Waals surface area contributed by atoms with E-state index in [1.807, 2.05) is 32.0 Å². The number of ether oxygens (including phenoxy) is 1. The number of aliphatic hydroxyl groups excluding tert-OH is 1. The van der Waals surface area contributed by atoms with E-state index in [1.165, 1.54) is 0 Å². The van der Waals surface area contributed by atoms with Crippen molar-refractivity contribution < 1.29 is 23.0 Å². The Balaban J connectivity index is 2.37. The number of benzene rings is 1. The Morgan fingerprint density at radius 2 is 1.79 bits per heavy atom. The van der Waals surface area contributed by atoms with Crippen LogP contribution < -0.4 is 0 Å². The fourth-order valence-electron chi connectivity index (χ4n) is 1.92. The molecule has 5 heteroatoms. The second-order valence-electron chi connectivity index (χ2n) is 4.68. The fraction of sp³-hybridized carbons (Fsp3) is 0.571. The zero-order chi connectivity index (χ0) is 14.5. The van der Waals surface area contributed by atoms with E-state index in [0.717, 1.165) is 16.7 Å². The van der Waals surface area contributed by atoms with Gasteiger partial charge in [0.2, 0.25) is 0 Å². The van der Waals surface area contributed by atoms with Crippen LogP contribution in [0.5, 0.6) is 0 Å². The highest BCUT2D eigenvalue weighted by atomic mass is 19.4. The van der Waals surface area contributed by atoms with Gasteiger partial charge in [0.05, 0.1) is 6.10 Å². The maximum Gasteiger partial charge on any atom is 0.411 e. The minimum Gasteiger partial charge on any atom is -0.393 e. The highest BCUT2D eigenvalue weighted by molar-refractivity contribution is 5.33. The lowest BCUT2D eigenvalue weighted by atomic mass is 9.96. The third kappa shape index (κ3) is 6.07. The summed E-state index contributed by atoms with van der Waals surface area (Å²) in [4.78, 5) is 0. The summed E-state index contributed by atoms with van der Waals surface area (Å²) < 4.78 is 40.0. The molecule has 0 aliphatic carbocycles. The van der Waals surface area contributed by atoms with Gasteiger partial charge in [0.15, 0.2) is 0 Å². The first-order valence-electron chi connectivity index (χ1n) is 6.17. The summed E-state index contributed by atoms with van der Waals surface area (Å²) in [5.74, 6) is 0. The average molecular weight is 276 g/mol. The molecular weight excluding hydrogens is 257 g/mol. The average Bonchev–Trinajstić information content (AvgIpc) is 2.28. The largest absolute Gasteiger partial charge is 0.411 e. The molecule has 1 N–H and O–H groups in total. The summed E-state index contributed by atoms with van der Waals surface area (Å²) in [5, 5.41) is 9.82. The third-order valence-corrected chi connectivity index (χ3v) is 2.95. The smallest absolute Gasteiger partial charge is 0.393 e. The molecule has 1 aromatic carbocycles. The standard InChI is InChI=1S/C14H19F3O2/c1-10-4-3-5-11(2)13(10)8-12(18)6-7-19-9-14(15,16)17/h3-5,12,18H,6-9H2,1-2H3. The van der Waals surface area contributed by atoms with Crippen LogP contribution >= 0.6 is 0 Å². The molecule has 0 spiro atoms. The molecule has 1 atom stereocenters. The number of aryl methyl sites for hydroxylation is 2. The predicted molar refractivity (Wildman–Crippen MR) is 67.1 cm³/mol. The molecule has 1 aromatic rings. The maximum atomic E-state index is 11.8. The number of alkyl halides is 3. The van der Waals surface area contributed by atoms with Crippen LogP contribution in [0.25, 0.3) is 0 Å². The lowest BCUT2D eigenvalue weighted by Crippen LogP contribution is -2.20. The summed E-state index contributed by atoms with van der Waals surface area (Å²) in [5.41, 5.74) is 3.20. The zero-order valence-corrected chi connectivity index (χ0v) is 11.1. The van der Waals surface area contributed by atoms with Crippen molar-refractivity contribution in [3.05, 3.63) is 34.9 Å². The Hall–Kier alpha value is -1.07. The number of halogens is 3. The molecular formula is C14H19F3O2. The van der Waals surface area contributed by atoms with Crippen LogP contribution in [-0.4, -0.2) is 30.6 Å². The maximum absolute atomic E-state index is 11.8. The van der Waals surface area contributed by atoms with Gasteiger partial charge in [-0.2, -0.15) is 13.2 Å². The minimum atomic E-state index is -4.31. The van der Waals surface area contributed by atoms with Crippen LogP contribution in [0.4, 0.5) is 13.2 Å². The summed E-state index contributed by atoms with van der Waals surface area (Å²) >= 11 is 0. The monoisotopic (exact) mass is 276 g/mol. The SMILES string of the molecule is Cc1cccc(C)c1CC(O)CCOCC(F)(F)F. The first-order chi connectivity index (χ1) is 8.79. The molecule has 0 heterocycles. The molecule has 1 rings (SSSR count). The van der Waals surface area contributed by atoms with E-state index in [4.69, 9.17) is 0 Å². The van der Waals surface area contributed by atoms with Crippen LogP contribution in [0.1, 0.15) is 23.1 Å². The molecule has 19 heavy (non-hydrogen) atoms. The molecule has 0 bridgehead atoms. The third-order valence-electron chi connectivity index (χ3n) is 2.95. The van der Waals surface area contributed by atoms with Crippen molar-refractivity contribution in [3.63, 3.8) is 0 Å². The second-order valence-corrected chi connectivity index (χ2v) is 4.68. The van der Waals surface area contributed by atoms with Crippen LogP contribution in [0, 0.1) is 13.8 Å². The van der Waals surface area contributed by atoms with Crippen molar-refractivity contribution >= 4 is 0 Å². The summed E-state index contributed by atoms with van der Waals surface area (Å²) in [7, 11) is 0. The first kappa shape index (κ1) is 16.0. The van der Waals surface area contributed by atoms with Crippen LogP contribution in [-0.2, 0) is 11.2 Å². The van der Waals surface area contributed by atoms with Crippen molar-refractivity contribution in [2.75, 3.05) is 13.2 Å². The van der Waals surface area contributed by atoms with Gasteiger partial charge in [0.1, 0.15) is 6.61 Å². The normalized spacial score (nSPS) is 13.6. The van der Waals surface area contributed by atoms with Crippen molar-refractivity contribution in [3.8, 4) is 0 Å². The Bertz CT molecular complexity index is 382. The molecule has 108 valence electrons.